The van der Waals surface area contributed by atoms with Crippen LogP contribution in [-0.2, 0) is 13.0 Å². The predicted octanol–water partition coefficient (Wildman–Crippen LogP) is 2.45. The standard InChI is InChI=1S/C18H21FN6O/c1-20-18(25(2)12-13-5-3-6-14(19)11-13)21-9-8-16-22-17(24-23-16)15-7-4-10-26-15/h3-7,10-11H,8-9,12H2,1-2H3,(H,20,21)(H,22,23,24). The molecule has 0 atom stereocenters. The highest BCUT2D eigenvalue weighted by Crippen LogP contribution is 2.14. The van der Waals surface area contributed by atoms with Crippen LogP contribution in [0.25, 0.3) is 11.6 Å². The van der Waals surface area contributed by atoms with Crippen molar-refractivity contribution in [3.8, 4) is 11.6 Å². The van der Waals surface area contributed by atoms with Gasteiger partial charge in [-0.05, 0) is 29.8 Å². The predicted molar refractivity (Wildman–Crippen MR) is 97.0 cm³/mol. The van der Waals surface area contributed by atoms with Gasteiger partial charge >= 0.3 is 0 Å². The molecule has 0 saturated carbocycles. The van der Waals surface area contributed by atoms with Gasteiger partial charge in [0.2, 0.25) is 5.82 Å². The third-order valence-corrected chi connectivity index (χ3v) is 3.80. The molecule has 26 heavy (non-hydrogen) atoms. The summed E-state index contributed by atoms with van der Waals surface area (Å²) in [5.74, 6) is 2.41. The van der Waals surface area contributed by atoms with Crippen molar-refractivity contribution >= 4 is 5.96 Å². The van der Waals surface area contributed by atoms with E-state index in [1.807, 2.05) is 24.1 Å². The molecule has 0 bridgehead atoms. The number of halogens is 1. The number of aromatic nitrogens is 3. The molecule has 0 unspecified atom stereocenters. The van der Waals surface area contributed by atoms with Crippen molar-refractivity contribution in [2.24, 2.45) is 4.99 Å². The van der Waals surface area contributed by atoms with Crippen molar-refractivity contribution in [1.29, 1.82) is 0 Å². The van der Waals surface area contributed by atoms with Crippen LogP contribution >= 0.6 is 0 Å². The van der Waals surface area contributed by atoms with Crippen LogP contribution in [0.4, 0.5) is 4.39 Å². The second-order valence-electron chi connectivity index (χ2n) is 5.79. The van der Waals surface area contributed by atoms with Crippen molar-refractivity contribution in [1.82, 2.24) is 25.4 Å². The van der Waals surface area contributed by atoms with Crippen LogP contribution in [0.5, 0.6) is 0 Å². The number of benzene rings is 1. The number of nitrogens with zero attached hydrogens (tertiary/aromatic N) is 4. The number of furan rings is 1. The van der Waals surface area contributed by atoms with E-state index in [-0.39, 0.29) is 5.82 Å². The van der Waals surface area contributed by atoms with E-state index in [9.17, 15) is 4.39 Å². The summed E-state index contributed by atoms with van der Waals surface area (Å²) in [6.45, 7) is 1.19. The topological polar surface area (TPSA) is 82.3 Å². The molecule has 2 N–H and O–H groups in total. The Morgan fingerprint density at radius 1 is 1.35 bits per heavy atom. The zero-order chi connectivity index (χ0) is 18.4. The van der Waals surface area contributed by atoms with Crippen LogP contribution < -0.4 is 5.32 Å². The zero-order valence-corrected chi connectivity index (χ0v) is 14.7. The number of guanidine groups is 1. The quantitative estimate of drug-likeness (QED) is 0.524. The summed E-state index contributed by atoms with van der Waals surface area (Å²) in [5, 5.41) is 10.3. The average Bonchev–Trinajstić information content (AvgIpc) is 3.30. The molecule has 0 aliphatic carbocycles. The smallest absolute Gasteiger partial charge is 0.216 e. The Kier molecular flexibility index (Phi) is 5.62. The van der Waals surface area contributed by atoms with Crippen LogP contribution in [0.15, 0.2) is 52.1 Å². The van der Waals surface area contributed by atoms with E-state index in [2.05, 4.69) is 25.5 Å². The molecule has 2 heterocycles. The number of nitrogens with one attached hydrogen (secondary N) is 2. The summed E-state index contributed by atoms with van der Waals surface area (Å²) in [6.07, 6.45) is 2.24. The fourth-order valence-corrected chi connectivity index (χ4v) is 2.58. The maximum Gasteiger partial charge on any atom is 0.216 e. The second-order valence-corrected chi connectivity index (χ2v) is 5.79. The van der Waals surface area contributed by atoms with Gasteiger partial charge in [-0.2, -0.15) is 5.10 Å². The van der Waals surface area contributed by atoms with Gasteiger partial charge in [0.1, 0.15) is 11.6 Å². The van der Waals surface area contributed by atoms with Gasteiger partial charge in [-0.15, -0.1) is 0 Å². The molecule has 0 aliphatic heterocycles. The van der Waals surface area contributed by atoms with Crippen LogP contribution in [0, 0.1) is 5.82 Å². The molecule has 3 aromatic rings. The Balaban J connectivity index is 1.51. The molecule has 7 nitrogen and oxygen atoms in total. The lowest BCUT2D eigenvalue weighted by molar-refractivity contribution is 0.475. The van der Waals surface area contributed by atoms with Gasteiger partial charge in [0, 0.05) is 33.6 Å². The number of H-pyrrole nitrogens is 1. The highest BCUT2D eigenvalue weighted by molar-refractivity contribution is 5.79. The molecule has 0 saturated heterocycles. The first-order chi connectivity index (χ1) is 12.7. The molecule has 1 aromatic carbocycles. The minimum Gasteiger partial charge on any atom is -0.461 e. The third kappa shape index (κ3) is 4.47. The van der Waals surface area contributed by atoms with Crippen molar-refractivity contribution in [3.63, 3.8) is 0 Å². The van der Waals surface area contributed by atoms with Crippen LogP contribution in [0.2, 0.25) is 0 Å². The average molecular weight is 356 g/mol. The number of hydrogen-bond donors (Lipinski definition) is 2. The fraction of sp³-hybridized carbons (Fsp3) is 0.278. The summed E-state index contributed by atoms with van der Waals surface area (Å²) in [7, 11) is 3.62. The lowest BCUT2D eigenvalue weighted by Gasteiger charge is -2.22. The van der Waals surface area contributed by atoms with E-state index in [1.165, 1.54) is 12.1 Å². The number of aliphatic imine (C=N–C) groups is 1. The zero-order valence-electron chi connectivity index (χ0n) is 14.7. The van der Waals surface area contributed by atoms with E-state index in [1.54, 1.807) is 25.4 Å². The van der Waals surface area contributed by atoms with Crippen LogP contribution in [-0.4, -0.2) is 46.7 Å². The first kappa shape index (κ1) is 17.7. The Morgan fingerprint density at radius 3 is 2.96 bits per heavy atom. The largest absolute Gasteiger partial charge is 0.461 e. The van der Waals surface area contributed by atoms with Crippen molar-refractivity contribution in [3.05, 3.63) is 59.9 Å². The Hall–Kier alpha value is -3.16. The molecule has 8 heteroatoms. The number of rotatable bonds is 6. The first-order valence-electron chi connectivity index (χ1n) is 8.27. The van der Waals surface area contributed by atoms with Crippen molar-refractivity contribution in [2.75, 3.05) is 20.6 Å². The number of aromatic amines is 1. The van der Waals surface area contributed by atoms with Gasteiger partial charge in [0.25, 0.3) is 0 Å². The molecule has 136 valence electrons. The van der Waals surface area contributed by atoms with Gasteiger partial charge < -0.3 is 14.6 Å². The second kappa shape index (κ2) is 8.28. The third-order valence-electron chi connectivity index (χ3n) is 3.80. The summed E-state index contributed by atoms with van der Waals surface area (Å²) in [5.41, 5.74) is 0.883. The van der Waals surface area contributed by atoms with E-state index < -0.39 is 0 Å². The van der Waals surface area contributed by atoms with E-state index >= 15 is 0 Å². The summed E-state index contributed by atoms with van der Waals surface area (Å²) >= 11 is 0. The molecule has 0 amide bonds. The highest BCUT2D eigenvalue weighted by atomic mass is 19.1. The molecule has 2 aromatic heterocycles. The maximum absolute atomic E-state index is 13.3. The Bertz CT molecular complexity index is 858. The van der Waals surface area contributed by atoms with Gasteiger partial charge in [0.05, 0.1) is 6.26 Å². The fourth-order valence-electron chi connectivity index (χ4n) is 2.58. The van der Waals surface area contributed by atoms with Gasteiger partial charge in [-0.1, -0.05) is 12.1 Å². The van der Waals surface area contributed by atoms with E-state index in [0.29, 0.717) is 31.1 Å². The van der Waals surface area contributed by atoms with Crippen LogP contribution in [0.1, 0.15) is 11.4 Å². The van der Waals surface area contributed by atoms with Gasteiger partial charge in [-0.25, -0.2) is 9.37 Å². The molecular weight excluding hydrogens is 335 g/mol. The normalized spacial score (nSPS) is 11.6. The minimum atomic E-state index is -0.239. The molecule has 3 rings (SSSR count). The Morgan fingerprint density at radius 2 is 2.23 bits per heavy atom. The molecule has 0 fully saturated rings. The highest BCUT2D eigenvalue weighted by Gasteiger charge is 2.10. The molecule has 0 aliphatic rings. The number of hydrogen-bond acceptors (Lipinski definition) is 4. The van der Waals surface area contributed by atoms with Crippen molar-refractivity contribution < 1.29 is 8.81 Å². The monoisotopic (exact) mass is 356 g/mol. The summed E-state index contributed by atoms with van der Waals surface area (Å²) in [6, 6.07) is 10.2. The van der Waals surface area contributed by atoms with Gasteiger partial charge in [0.15, 0.2) is 11.7 Å². The Labute approximate surface area is 151 Å². The van der Waals surface area contributed by atoms with Gasteiger partial charge in [-0.3, -0.25) is 10.1 Å². The van der Waals surface area contributed by atoms with Crippen LogP contribution in [0.3, 0.4) is 0 Å². The van der Waals surface area contributed by atoms with E-state index in [4.69, 9.17) is 4.42 Å². The summed E-state index contributed by atoms with van der Waals surface area (Å²) in [4.78, 5) is 10.6. The van der Waals surface area contributed by atoms with Crippen molar-refractivity contribution in [2.45, 2.75) is 13.0 Å². The molecule has 0 spiro atoms. The molecular formula is C18H21FN6O. The summed E-state index contributed by atoms with van der Waals surface area (Å²) < 4.78 is 18.6. The van der Waals surface area contributed by atoms with E-state index in [0.717, 1.165) is 17.3 Å². The SMILES string of the molecule is CN=C(NCCc1nc(-c2ccco2)n[nH]1)N(C)Cc1cccc(F)c1. The lowest BCUT2D eigenvalue weighted by Crippen LogP contribution is -2.39. The maximum atomic E-state index is 13.3. The lowest BCUT2D eigenvalue weighted by atomic mass is 10.2. The first-order valence-corrected chi connectivity index (χ1v) is 8.27. The minimum absolute atomic E-state index is 0.239. The molecule has 0 radical (unpaired) electrons.